The summed E-state index contributed by atoms with van der Waals surface area (Å²) in [5, 5.41) is 0. The van der Waals surface area contributed by atoms with Crippen molar-refractivity contribution in [2.45, 2.75) is 39.5 Å². The minimum absolute atomic E-state index is 0.422. The molecule has 1 unspecified atom stereocenters. The molecule has 0 aliphatic rings. The van der Waals surface area contributed by atoms with Gasteiger partial charge in [-0.05, 0) is 49.3 Å². The maximum atomic E-state index is 5.88. The Balaban J connectivity index is 2.36. The van der Waals surface area contributed by atoms with Gasteiger partial charge in [0.15, 0.2) is 0 Å². The molecule has 0 saturated heterocycles. The summed E-state index contributed by atoms with van der Waals surface area (Å²) in [6.45, 7) is 8.96. The number of benzene rings is 1. The molecule has 102 valence electrons. The van der Waals surface area contributed by atoms with Crippen LogP contribution in [0, 0.1) is 12.8 Å². The highest BCUT2D eigenvalue weighted by molar-refractivity contribution is 5.29. The fourth-order valence-corrected chi connectivity index (χ4v) is 2.09. The van der Waals surface area contributed by atoms with Crippen LogP contribution in [0.15, 0.2) is 24.3 Å². The molecular weight excluding hydrogens is 222 g/mol. The van der Waals surface area contributed by atoms with Crippen LogP contribution in [-0.4, -0.2) is 19.8 Å². The minimum Gasteiger partial charge on any atom is -0.381 e. The summed E-state index contributed by atoms with van der Waals surface area (Å²) in [5.74, 6) is 1.14. The first kappa shape index (κ1) is 15.2. The molecule has 2 nitrogen and oxygen atoms in total. The van der Waals surface area contributed by atoms with Crippen LogP contribution in [0.25, 0.3) is 0 Å². The fraction of sp³-hybridized carbons (Fsp3) is 0.625. The van der Waals surface area contributed by atoms with E-state index in [2.05, 4.69) is 45.0 Å². The molecule has 2 heteroatoms. The Labute approximate surface area is 112 Å². The van der Waals surface area contributed by atoms with Gasteiger partial charge in [-0.25, -0.2) is 0 Å². The second kappa shape index (κ2) is 8.28. The van der Waals surface area contributed by atoms with Crippen molar-refractivity contribution in [2.24, 2.45) is 11.7 Å². The van der Waals surface area contributed by atoms with Crippen molar-refractivity contribution in [3.8, 4) is 0 Å². The second-order valence-electron chi connectivity index (χ2n) is 5.37. The van der Waals surface area contributed by atoms with Crippen molar-refractivity contribution >= 4 is 0 Å². The van der Waals surface area contributed by atoms with Crippen LogP contribution in [0.2, 0.25) is 0 Å². The Kier molecular flexibility index (Phi) is 6.99. The standard InChI is InChI=1S/C16H27NO/c1-13(2)8-10-18-11-9-15(12-17)16-7-5-4-6-14(16)3/h4-7,13,15H,8-12,17H2,1-3H3. The van der Waals surface area contributed by atoms with E-state index >= 15 is 0 Å². The van der Waals surface area contributed by atoms with Crippen molar-refractivity contribution in [2.75, 3.05) is 19.8 Å². The van der Waals surface area contributed by atoms with Gasteiger partial charge in [0.05, 0.1) is 0 Å². The molecule has 0 amide bonds. The van der Waals surface area contributed by atoms with Gasteiger partial charge in [-0.2, -0.15) is 0 Å². The van der Waals surface area contributed by atoms with Crippen LogP contribution in [0.1, 0.15) is 43.7 Å². The highest BCUT2D eigenvalue weighted by Gasteiger charge is 2.11. The zero-order valence-corrected chi connectivity index (χ0v) is 12.0. The van der Waals surface area contributed by atoms with E-state index in [4.69, 9.17) is 10.5 Å². The van der Waals surface area contributed by atoms with Crippen molar-refractivity contribution in [3.63, 3.8) is 0 Å². The van der Waals surface area contributed by atoms with Crippen molar-refractivity contribution in [1.29, 1.82) is 0 Å². The van der Waals surface area contributed by atoms with Gasteiger partial charge < -0.3 is 10.5 Å². The molecule has 1 aromatic rings. The van der Waals surface area contributed by atoms with Crippen molar-refractivity contribution < 1.29 is 4.74 Å². The van der Waals surface area contributed by atoms with E-state index in [9.17, 15) is 0 Å². The first-order chi connectivity index (χ1) is 8.65. The number of hydrogen-bond acceptors (Lipinski definition) is 2. The number of aryl methyl sites for hydroxylation is 1. The van der Waals surface area contributed by atoms with Gasteiger partial charge in [0.2, 0.25) is 0 Å². The molecule has 0 spiro atoms. The molecule has 1 aromatic carbocycles. The molecule has 0 fully saturated rings. The van der Waals surface area contributed by atoms with Gasteiger partial charge in [-0.15, -0.1) is 0 Å². The first-order valence-corrected chi connectivity index (χ1v) is 6.98. The molecule has 0 heterocycles. The second-order valence-corrected chi connectivity index (χ2v) is 5.37. The highest BCUT2D eigenvalue weighted by Crippen LogP contribution is 2.21. The molecule has 2 N–H and O–H groups in total. The highest BCUT2D eigenvalue weighted by atomic mass is 16.5. The van der Waals surface area contributed by atoms with Gasteiger partial charge in [-0.3, -0.25) is 0 Å². The Morgan fingerprint density at radius 1 is 1.11 bits per heavy atom. The summed E-state index contributed by atoms with van der Waals surface area (Å²) >= 11 is 0. The lowest BCUT2D eigenvalue weighted by atomic mass is 9.92. The van der Waals surface area contributed by atoms with Crippen LogP contribution in [-0.2, 0) is 4.74 Å². The molecular formula is C16H27NO. The third kappa shape index (κ3) is 5.19. The van der Waals surface area contributed by atoms with Crippen molar-refractivity contribution in [3.05, 3.63) is 35.4 Å². The molecule has 1 rings (SSSR count). The van der Waals surface area contributed by atoms with Crippen LogP contribution >= 0.6 is 0 Å². The SMILES string of the molecule is Cc1ccccc1C(CN)CCOCCC(C)C. The van der Waals surface area contributed by atoms with E-state index in [1.54, 1.807) is 0 Å². The zero-order chi connectivity index (χ0) is 13.4. The Morgan fingerprint density at radius 2 is 1.78 bits per heavy atom. The van der Waals surface area contributed by atoms with E-state index < -0.39 is 0 Å². The third-order valence-electron chi connectivity index (χ3n) is 3.36. The van der Waals surface area contributed by atoms with E-state index in [1.807, 2.05) is 0 Å². The van der Waals surface area contributed by atoms with Crippen LogP contribution in [0.3, 0.4) is 0 Å². The summed E-state index contributed by atoms with van der Waals surface area (Å²) in [6.07, 6.45) is 2.15. The normalized spacial score (nSPS) is 12.9. The monoisotopic (exact) mass is 249 g/mol. The lowest BCUT2D eigenvalue weighted by Gasteiger charge is -2.17. The molecule has 1 atom stereocenters. The summed E-state index contributed by atoms with van der Waals surface area (Å²) in [4.78, 5) is 0. The molecule has 0 radical (unpaired) electrons. The Bertz CT molecular complexity index is 336. The van der Waals surface area contributed by atoms with Crippen molar-refractivity contribution in [1.82, 2.24) is 0 Å². The van der Waals surface area contributed by atoms with E-state index in [1.165, 1.54) is 11.1 Å². The molecule has 0 saturated carbocycles. The minimum atomic E-state index is 0.422. The van der Waals surface area contributed by atoms with Gasteiger partial charge in [0.25, 0.3) is 0 Å². The smallest absolute Gasteiger partial charge is 0.0472 e. The van der Waals surface area contributed by atoms with Crippen LogP contribution in [0.5, 0.6) is 0 Å². The average Bonchev–Trinajstić information content (AvgIpc) is 2.35. The summed E-state index contributed by atoms with van der Waals surface area (Å²) in [7, 11) is 0. The molecule has 18 heavy (non-hydrogen) atoms. The number of ether oxygens (including phenoxy) is 1. The predicted molar refractivity (Wildman–Crippen MR) is 77.9 cm³/mol. The summed E-state index contributed by atoms with van der Waals surface area (Å²) < 4.78 is 5.68. The molecule has 0 aromatic heterocycles. The maximum absolute atomic E-state index is 5.88. The van der Waals surface area contributed by atoms with Crippen LogP contribution < -0.4 is 5.73 Å². The average molecular weight is 249 g/mol. The largest absolute Gasteiger partial charge is 0.381 e. The first-order valence-electron chi connectivity index (χ1n) is 6.98. The lowest BCUT2D eigenvalue weighted by molar-refractivity contribution is 0.117. The van der Waals surface area contributed by atoms with Gasteiger partial charge in [-0.1, -0.05) is 38.1 Å². The lowest BCUT2D eigenvalue weighted by Crippen LogP contribution is -2.16. The van der Waals surface area contributed by atoms with E-state index in [0.29, 0.717) is 18.4 Å². The number of nitrogens with two attached hydrogens (primary N) is 1. The van der Waals surface area contributed by atoms with Gasteiger partial charge in [0.1, 0.15) is 0 Å². The Morgan fingerprint density at radius 3 is 2.39 bits per heavy atom. The maximum Gasteiger partial charge on any atom is 0.0472 e. The number of rotatable bonds is 8. The van der Waals surface area contributed by atoms with Gasteiger partial charge >= 0.3 is 0 Å². The molecule has 0 bridgehead atoms. The quantitative estimate of drug-likeness (QED) is 0.716. The molecule has 0 aliphatic heterocycles. The third-order valence-corrected chi connectivity index (χ3v) is 3.36. The van der Waals surface area contributed by atoms with Gasteiger partial charge in [0, 0.05) is 13.2 Å². The zero-order valence-electron chi connectivity index (χ0n) is 12.0. The van der Waals surface area contributed by atoms with Crippen LogP contribution in [0.4, 0.5) is 0 Å². The summed E-state index contributed by atoms with van der Waals surface area (Å²) in [6, 6.07) is 8.49. The summed E-state index contributed by atoms with van der Waals surface area (Å²) in [5.41, 5.74) is 8.58. The number of hydrogen-bond donors (Lipinski definition) is 1. The van der Waals surface area contributed by atoms with E-state index in [0.717, 1.165) is 26.1 Å². The van der Waals surface area contributed by atoms with E-state index in [-0.39, 0.29) is 0 Å². The molecule has 0 aliphatic carbocycles. The predicted octanol–water partition coefficient (Wildman–Crippen LogP) is 3.49. The fourth-order valence-electron chi connectivity index (χ4n) is 2.09. The Hall–Kier alpha value is -0.860. The topological polar surface area (TPSA) is 35.2 Å².